The number of hydrogen-bond acceptors (Lipinski definition) is 9. The largest absolute Gasteiger partial charge is 0.391 e. The molecule has 0 bridgehead atoms. The molecule has 2 atom stereocenters. The predicted molar refractivity (Wildman–Crippen MR) is 165 cm³/mol. The van der Waals surface area contributed by atoms with Gasteiger partial charge < -0.3 is 25.5 Å². The van der Waals surface area contributed by atoms with Gasteiger partial charge in [0.05, 0.1) is 6.10 Å². The highest BCUT2D eigenvalue weighted by Crippen LogP contribution is 2.27. The number of carbonyl (C=O) groups excluding carboxylic acids is 1. The number of nitrogens with one attached hydrogen (secondary N) is 4. The van der Waals surface area contributed by atoms with Gasteiger partial charge in [-0.15, -0.1) is 4.99 Å². The fourth-order valence-corrected chi connectivity index (χ4v) is 5.43. The van der Waals surface area contributed by atoms with Crippen molar-refractivity contribution < 1.29 is 19.5 Å². The van der Waals surface area contributed by atoms with Crippen LogP contribution in [0.4, 0.5) is 0 Å². The van der Waals surface area contributed by atoms with Crippen molar-refractivity contribution in [1.82, 2.24) is 20.9 Å². The first kappa shape index (κ1) is 32.3. The number of hydrogen-bond donors (Lipinski definition) is 5. The highest BCUT2D eigenvalue weighted by Gasteiger charge is 2.31. The second-order valence-corrected chi connectivity index (χ2v) is 11.2. The van der Waals surface area contributed by atoms with Gasteiger partial charge in [0.15, 0.2) is 17.2 Å². The molecule has 10 heteroatoms. The summed E-state index contributed by atoms with van der Waals surface area (Å²) in [5.74, 6) is 0.0892. The molecule has 5 N–H and O–H groups in total. The van der Waals surface area contributed by atoms with E-state index in [1.807, 2.05) is 0 Å². The maximum Gasteiger partial charge on any atom is 0.289 e. The second-order valence-electron chi connectivity index (χ2n) is 11.2. The maximum absolute atomic E-state index is 12.6. The number of methoxy groups -OCH3 is 1. The summed E-state index contributed by atoms with van der Waals surface area (Å²) in [5.41, 5.74) is 6.25. The molecule has 3 rings (SSSR count). The van der Waals surface area contributed by atoms with Gasteiger partial charge in [-0.2, -0.15) is 0 Å². The number of carbonyl (C=O) groups is 1. The van der Waals surface area contributed by atoms with Crippen molar-refractivity contribution in [2.24, 2.45) is 4.99 Å². The molecule has 0 unspecified atom stereocenters. The van der Waals surface area contributed by atoms with Crippen LogP contribution in [-0.2, 0) is 9.53 Å². The van der Waals surface area contributed by atoms with Crippen molar-refractivity contribution in [3.05, 3.63) is 46.5 Å². The first-order chi connectivity index (χ1) is 19.7. The summed E-state index contributed by atoms with van der Waals surface area (Å²) >= 11 is 0. The average Bonchev–Trinajstić information content (AvgIpc) is 2.95. The predicted octanol–water partition coefficient (Wildman–Crippen LogP) is 3.66. The van der Waals surface area contributed by atoms with E-state index < -0.39 is 6.04 Å². The van der Waals surface area contributed by atoms with Crippen LogP contribution in [0.25, 0.3) is 0 Å². The summed E-state index contributed by atoms with van der Waals surface area (Å²) in [5, 5.41) is 28.2. The Labute approximate surface area is 245 Å². The molecule has 226 valence electrons. The number of allylic oxidation sites excluding steroid dienone is 6. The molecule has 0 amide bonds. The third kappa shape index (κ3) is 9.67. The van der Waals surface area contributed by atoms with Crippen LogP contribution in [0.1, 0.15) is 72.1 Å². The molecule has 0 saturated carbocycles. The van der Waals surface area contributed by atoms with E-state index in [0.717, 1.165) is 56.5 Å². The van der Waals surface area contributed by atoms with Gasteiger partial charge in [-0.1, -0.05) is 22.5 Å². The molecule has 0 fully saturated rings. The van der Waals surface area contributed by atoms with Crippen molar-refractivity contribution in [3.63, 3.8) is 0 Å². The number of amidine groups is 1. The Hall–Kier alpha value is -3.24. The van der Waals surface area contributed by atoms with Gasteiger partial charge in [-0.25, -0.2) is 0 Å². The minimum atomic E-state index is -0.552. The molecule has 0 saturated heterocycles. The summed E-state index contributed by atoms with van der Waals surface area (Å²) < 4.78 is 6.32. The lowest BCUT2D eigenvalue weighted by Crippen LogP contribution is -2.50. The molecule has 0 aromatic heterocycles. The lowest BCUT2D eigenvalue weighted by atomic mass is 9.91. The molecule has 0 aromatic rings. The summed E-state index contributed by atoms with van der Waals surface area (Å²) in [7, 11) is 3.44. The van der Waals surface area contributed by atoms with Crippen molar-refractivity contribution in [2.45, 2.75) is 84.3 Å². The van der Waals surface area contributed by atoms with Crippen LogP contribution < -0.4 is 16.0 Å². The maximum atomic E-state index is 12.6. The number of nitrogens with zero attached hydrogens (tertiary/aromatic N) is 3. The van der Waals surface area contributed by atoms with Gasteiger partial charge in [0, 0.05) is 52.1 Å². The van der Waals surface area contributed by atoms with Gasteiger partial charge in [-0.05, 0) is 83.4 Å². The van der Waals surface area contributed by atoms with Crippen LogP contribution in [0, 0.1) is 5.41 Å². The van der Waals surface area contributed by atoms with Crippen molar-refractivity contribution in [1.29, 1.82) is 5.41 Å². The minimum absolute atomic E-state index is 0.0144. The van der Waals surface area contributed by atoms with Crippen molar-refractivity contribution in [2.75, 3.05) is 40.3 Å². The Morgan fingerprint density at radius 2 is 2.10 bits per heavy atom. The molecule has 2 heterocycles. The summed E-state index contributed by atoms with van der Waals surface area (Å²) in [6.07, 6.45) is 15.9. The van der Waals surface area contributed by atoms with Gasteiger partial charge in [0.1, 0.15) is 6.04 Å². The van der Waals surface area contributed by atoms with Crippen LogP contribution in [0.15, 0.2) is 51.5 Å². The number of aliphatic imine (C=N–C) groups is 1. The number of hydroxylamine groups is 1. The Bertz CT molecular complexity index is 1130. The monoisotopic (exact) mass is 568 g/mol. The van der Waals surface area contributed by atoms with E-state index >= 15 is 0 Å². The number of ether oxygens (including phenoxy) is 1. The molecule has 0 radical (unpaired) electrons. The molecule has 10 nitrogen and oxygen atoms in total. The van der Waals surface area contributed by atoms with Crippen molar-refractivity contribution in [3.8, 4) is 0 Å². The van der Waals surface area contributed by atoms with E-state index in [4.69, 9.17) is 10.1 Å². The topological polar surface area (TPSA) is 125 Å². The summed E-state index contributed by atoms with van der Waals surface area (Å²) in [6, 6.07) is -0.552. The van der Waals surface area contributed by atoms with Crippen LogP contribution >= 0.6 is 0 Å². The highest BCUT2D eigenvalue weighted by molar-refractivity contribution is 6.45. The molecular weight excluding hydrogens is 518 g/mol. The van der Waals surface area contributed by atoms with E-state index in [0.29, 0.717) is 18.7 Å². The number of Topliss-reactive ketones (excluding diaryl/α,β-unsaturated/α-hetero) is 1. The van der Waals surface area contributed by atoms with Gasteiger partial charge in [0.2, 0.25) is 0 Å². The van der Waals surface area contributed by atoms with Crippen LogP contribution in [-0.4, -0.2) is 91.0 Å². The average molecular weight is 569 g/mol. The Kier molecular flexibility index (Phi) is 12.8. The Morgan fingerprint density at radius 3 is 2.83 bits per heavy atom. The van der Waals surface area contributed by atoms with Crippen molar-refractivity contribution >= 4 is 23.7 Å². The highest BCUT2D eigenvalue weighted by atomic mass is 16.5. The molecule has 0 spiro atoms. The van der Waals surface area contributed by atoms with Crippen LogP contribution in [0.3, 0.4) is 0 Å². The van der Waals surface area contributed by atoms with Gasteiger partial charge in [0.25, 0.3) is 12.2 Å². The zero-order valence-corrected chi connectivity index (χ0v) is 25.6. The SMILES string of the molecule is CN/C=C1/N=C[N+](O)=C(N[C@@H](CCN(CCCCC2=C(\C)CCC3=C(/C=C\2)CCCN3)C[C@@H](C)OC)C(C)=O)C1=N. The minimum Gasteiger partial charge on any atom is -0.391 e. The normalized spacial score (nSPS) is 22.7. The molecule has 41 heavy (non-hydrogen) atoms. The van der Waals surface area contributed by atoms with E-state index in [-0.39, 0.29) is 23.4 Å². The summed E-state index contributed by atoms with van der Waals surface area (Å²) in [6.45, 7) is 9.33. The molecule has 3 aliphatic rings. The summed E-state index contributed by atoms with van der Waals surface area (Å²) in [4.78, 5) is 19.0. The van der Waals surface area contributed by atoms with E-state index in [1.54, 1.807) is 20.4 Å². The third-order valence-corrected chi connectivity index (χ3v) is 8.07. The fraction of sp³-hybridized carbons (Fsp3) is 0.613. The van der Waals surface area contributed by atoms with E-state index in [1.165, 1.54) is 48.5 Å². The lowest BCUT2D eigenvalue weighted by Gasteiger charge is -2.27. The zero-order valence-electron chi connectivity index (χ0n) is 25.6. The molecular formula is C31H50N7O3+. The smallest absolute Gasteiger partial charge is 0.289 e. The zero-order chi connectivity index (χ0) is 29.8. The Balaban J connectivity index is 1.57. The molecule has 0 aromatic carbocycles. The number of ketones is 1. The van der Waals surface area contributed by atoms with Crippen LogP contribution in [0.5, 0.6) is 0 Å². The lowest BCUT2D eigenvalue weighted by molar-refractivity contribution is -0.683. The molecule has 1 aliphatic carbocycles. The van der Waals surface area contributed by atoms with Gasteiger partial charge >= 0.3 is 0 Å². The fourth-order valence-electron chi connectivity index (χ4n) is 5.43. The second kappa shape index (κ2) is 16.3. The van der Waals surface area contributed by atoms with Crippen LogP contribution in [0.2, 0.25) is 0 Å². The first-order valence-corrected chi connectivity index (χ1v) is 14.9. The first-order valence-electron chi connectivity index (χ1n) is 14.9. The van der Waals surface area contributed by atoms with E-state index in [2.05, 4.69) is 51.8 Å². The Morgan fingerprint density at radius 1 is 1.29 bits per heavy atom. The number of rotatable bonds is 14. The standard InChI is InChI=1S/C31H49N7O3/c1-22-11-14-28-26(10-8-16-34-28)13-12-25(22)9-6-7-17-37(20-23(2)41-5)18-15-27(24(3)39)36-31-30(32)29(19-33-4)35-21-38(31)40/h12-13,19,21,23,27,34,40H,6-11,14-18,20H2,1-5H3,(H2,32,33)/p+1/b13-12-,25-22-/t23-,27+/m1/s1. The third-order valence-electron chi connectivity index (χ3n) is 8.07. The van der Waals surface area contributed by atoms with Gasteiger partial charge in [-0.3, -0.25) is 15.5 Å². The molecule has 2 aliphatic heterocycles. The quantitative estimate of drug-likeness (QED) is 0.123. The number of unbranched alkanes of at least 4 members (excludes halogenated alkanes) is 1. The van der Waals surface area contributed by atoms with E-state index in [9.17, 15) is 10.0 Å².